The zero-order valence-corrected chi connectivity index (χ0v) is 10.6. The van der Waals surface area contributed by atoms with Gasteiger partial charge in [-0.15, -0.1) is 0 Å². The van der Waals surface area contributed by atoms with Crippen molar-refractivity contribution < 1.29 is 0 Å². The predicted molar refractivity (Wildman–Crippen MR) is 66.5 cm³/mol. The van der Waals surface area contributed by atoms with E-state index < -0.39 is 0 Å². The Morgan fingerprint density at radius 3 is 2.76 bits per heavy atom. The van der Waals surface area contributed by atoms with Gasteiger partial charge < -0.3 is 5.32 Å². The summed E-state index contributed by atoms with van der Waals surface area (Å²) >= 11 is 0. The van der Waals surface area contributed by atoms with Crippen molar-refractivity contribution in [1.82, 2.24) is 25.3 Å². The standard InChI is InChI=1S/C12H19N5/c1-4-17-8-11(10(3)16-17)6-13-7-12-5-9(2)14-15-12/h5,8,13H,4,6-7H2,1-3H3,(H,14,15). The largest absolute Gasteiger partial charge is 0.307 e. The molecule has 0 radical (unpaired) electrons. The third-order valence-electron chi connectivity index (χ3n) is 2.75. The smallest absolute Gasteiger partial charge is 0.0762 e. The second-order valence-corrected chi connectivity index (χ2v) is 4.24. The second kappa shape index (κ2) is 5.14. The molecular weight excluding hydrogens is 214 g/mol. The first kappa shape index (κ1) is 11.9. The average Bonchev–Trinajstić information content (AvgIpc) is 2.86. The number of hydrogen-bond donors (Lipinski definition) is 2. The number of H-pyrrole nitrogens is 1. The van der Waals surface area contributed by atoms with E-state index >= 15 is 0 Å². The topological polar surface area (TPSA) is 58.5 Å². The lowest BCUT2D eigenvalue weighted by Crippen LogP contribution is -2.13. The maximum absolute atomic E-state index is 4.41. The van der Waals surface area contributed by atoms with E-state index in [0.29, 0.717) is 0 Å². The number of hydrogen-bond acceptors (Lipinski definition) is 3. The second-order valence-electron chi connectivity index (χ2n) is 4.24. The van der Waals surface area contributed by atoms with Crippen LogP contribution >= 0.6 is 0 Å². The third kappa shape index (κ3) is 2.94. The molecule has 0 unspecified atom stereocenters. The van der Waals surface area contributed by atoms with Gasteiger partial charge in [0.15, 0.2) is 0 Å². The van der Waals surface area contributed by atoms with Crippen LogP contribution in [-0.2, 0) is 19.6 Å². The van der Waals surface area contributed by atoms with Crippen LogP contribution in [0.25, 0.3) is 0 Å². The Labute approximate surface area is 101 Å². The molecule has 0 aliphatic carbocycles. The monoisotopic (exact) mass is 233 g/mol. The van der Waals surface area contributed by atoms with Crippen molar-refractivity contribution in [2.24, 2.45) is 0 Å². The van der Waals surface area contributed by atoms with E-state index in [1.54, 1.807) is 0 Å². The van der Waals surface area contributed by atoms with E-state index in [1.165, 1.54) is 5.56 Å². The van der Waals surface area contributed by atoms with Crippen molar-refractivity contribution in [3.63, 3.8) is 0 Å². The van der Waals surface area contributed by atoms with Gasteiger partial charge in [0.05, 0.1) is 11.4 Å². The molecule has 92 valence electrons. The number of aryl methyl sites for hydroxylation is 3. The Morgan fingerprint density at radius 2 is 2.18 bits per heavy atom. The average molecular weight is 233 g/mol. The zero-order chi connectivity index (χ0) is 12.3. The highest BCUT2D eigenvalue weighted by Crippen LogP contribution is 2.05. The normalized spacial score (nSPS) is 11.0. The van der Waals surface area contributed by atoms with E-state index in [-0.39, 0.29) is 0 Å². The van der Waals surface area contributed by atoms with E-state index in [1.807, 2.05) is 18.5 Å². The van der Waals surface area contributed by atoms with Gasteiger partial charge >= 0.3 is 0 Å². The molecule has 17 heavy (non-hydrogen) atoms. The Hall–Kier alpha value is -1.62. The van der Waals surface area contributed by atoms with Crippen molar-refractivity contribution in [3.05, 3.63) is 34.9 Å². The lowest BCUT2D eigenvalue weighted by molar-refractivity contribution is 0.651. The van der Waals surface area contributed by atoms with E-state index in [9.17, 15) is 0 Å². The van der Waals surface area contributed by atoms with Crippen LogP contribution in [0.1, 0.15) is 29.6 Å². The first-order chi connectivity index (χ1) is 8.19. The van der Waals surface area contributed by atoms with Gasteiger partial charge in [-0.3, -0.25) is 9.78 Å². The van der Waals surface area contributed by atoms with E-state index in [4.69, 9.17) is 0 Å². The van der Waals surface area contributed by atoms with Gasteiger partial charge in [-0.05, 0) is 26.8 Å². The Bertz CT molecular complexity index is 483. The van der Waals surface area contributed by atoms with Crippen LogP contribution in [0.2, 0.25) is 0 Å². The van der Waals surface area contributed by atoms with Crippen LogP contribution < -0.4 is 5.32 Å². The van der Waals surface area contributed by atoms with Gasteiger partial charge in [0, 0.05) is 37.1 Å². The van der Waals surface area contributed by atoms with Gasteiger partial charge in [0.2, 0.25) is 0 Å². The Kier molecular flexibility index (Phi) is 3.58. The molecule has 2 aromatic rings. The van der Waals surface area contributed by atoms with Gasteiger partial charge in [0.25, 0.3) is 0 Å². The molecule has 5 heteroatoms. The highest BCUT2D eigenvalue weighted by atomic mass is 15.3. The van der Waals surface area contributed by atoms with Gasteiger partial charge in [0.1, 0.15) is 0 Å². The van der Waals surface area contributed by atoms with Crippen molar-refractivity contribution >= 4 is 0 Å². The highest BCUT2D eigenvalue weighted by Gasteiger charge is 2.04. The van der Waals surface area contributed by atoms with Crippen LogP contribution in [0.4, 0.5) is 0 Å². The molecule has 0 saturated carbocycles. The molecular formula is C12H19N5. The van der Waals surface area contributed by atoms with Gasteiger partial charge in [-0.1, -0.05) is 0 Å². The summed E-state index contributed by atoms with van der Waals surface area (Å²) in [5.74, 6) is 0. The Morgan fingerprint density at radius 1 is 1.35 bits per heavy atom. The lowest BCUT2D eigenvalue weighted by atomic mass is 10.2. The summed E-state index contributed by atoms with van der Waals surface area (Å²) < 4.78 is 1.96. The summed E-state index contributed by atoms with van der Waals surface area (Å²) in [6.07, 6.45) is 2.10. The SMILES string of the molecule is CCn1cc(CNCc2cc(C)[nH]n2)c(C)n1. The minimum absolute atomic E-state index is 0.779. The van der Waals surface area contributed by atoms with Crippen molar-refractivity contribution in [2.75, 3.05) is 0 Å². The van der Waals surface area contributed by atoms with E-state index in [2.05, 4.69) is 39.8 Å². The summed E-state index contributed by atoms with van der Waals surface area (Å²) in [6, 6.07) is 2.05. The number of aromatic nitrogens is 4. The molecule has 0 saturated heterocycles. The minimum Gasteiger partial charge on any atom is -0.307 e. The van der Waals surface area contributed by atoms with Crippen molar-refractivity contribution in [2.45, 2.75) is 40.4 Å². The summed E-state index contributed by atoms with van der Waals surface area (Å²) in [5, 5.41) is 14.9. The quantitative estimate of drug-likeness (QED) is 0.823. The molecule has 0 aliphatic heterocycles. The highest BCUT2D eigenvalue weighted by molar-refractivity contribution is 5.15. The van der Waals surface area contributed by atoms with E-state index in [0.717, 1.165) is 36.7 Å². The predicted octanol–water partition coefficient (Wildman–Crippen LogP) is 1.53. The van der Waals surface area contributed by atoms with Crippen LogP contribution in [0.5, 0.6) is 0 Å². The molecule has 0 aromatic carbocycles. The molecule has 2 aromatic heterocycles. The van der Waals surface area contributed by atoms with Crippen molar-refractivity contribution in [1.29, 1.82) is 0 Å². The zero-order valence-electron chi connectivity index (χ0n) is 10.6. The minimum atomic E-state index is 0.779. The number of nitrogens with zero attached hydrogens (tertiary/aromatic N) is 3. The fourth-order valence-electron chi connectivity index (χ4n) is 1.78. The fraction of sp³-hybridized carbons (Fsp3) is 0.500. The fourth-order valence-corrected chi connectivity index (χ4v) is 1.78. The van der Waals surface area contributed by atoms with Crippen LogP contribution in [0.3, 0.4) is 0 Å². The number of nitrogens with one attached hydrogen (secondary N) is 2. The molecule has 0 aliphatic rings. The molecule has 0 amide bonds. The molecule has 2 N–H and O–H groups in total. The maximum Gasteiger partial charge on any atom is 0.0762 e. The molecule has 2 rings (SSSR count). The Balaban J connectivity index is 1.87. The first-order valence-corrected chi connectivity index (χ1v) is 5.93. The van der Waals surface area contributed by atoms with Gasteiger partial charge in [-0.25, -0.2) is 0 Å². The molecule has 0 spiro atoms. The van der Waals surface area contributed by atoms with Crippen LogP contribution in [0.15, 0.2) is 12.3 Å². The third-order valence-corrected chi connectivity index (χ3v) is 2.75. The van der Waals surface area contributed by atoms with Crippen LogP contribution in [0, 0.1) is 13.8 Å². The maximum atomic E-state index is 4.41. The molecule has 0 atom stereocenters. The number of rotatable bonds is 5. The van der Waals surface area contributed by atoms with Crippen molar-refractivity contribution in [3.8, 4) is 0 Å². The molecule has 0 fully saturated rings. The summed E-state index contributed by atoms with van der Waals surface area (Å²) in [7, 11) is 0. The molecule has 5 nitrogen and oxygen atoms in total. The van der Waals surface area contributed by atoms with Gasteiger partial charge in [-0.2, -0.15) is 10.2 Å². The summed E-state index contributed by atoms with van der Waals surface area (Å²) in [4.78, 5) is 0. The molecule has 0 bridgehead atoms. The lowest BCUT2D eigenvalue weighted by Gasteiger charge is -2.00. The summed E-state index contributed by atoms with van der Waals surface area (Å²) in [5.41, 5.74) is 4.48. The first-order valence-electron chi connectivity index (χ1n) is 5.93. The molecule has 2 heterocycles. The number of aromatic amines is 1. The van der Waals surface area contributed by atoms with Crippen LogP contribution in [-0.4, -0.2) is 20.0 Å². The summed E-state index contributed by atoms with van der Waals surface area (Å²) in [6.45, 7) is 8.67.